The van der Waals surface area contributed by atoms with Crippen LogP contribution < -0.4 is 0 Å². The SMILES string of the molecule is CCCC\C=C/C=C/C=C\CCCCCCCCOC(CCCCCCCC\C=C/C=C/C=C\CCCC)(CCCCCCCC\C=C/C=C/C=C\CCCC)C(O)CO. The fourth-order valence-corrected chi connectivity index (χ4v) is 7.40. The van der Waals surface area contributed by atoms with Crippen molar-refractivity contribution in [2.45, 2.75) is 238 Å². The Labute approximate surface area is 374 Å². The summed E-state index contributed by atoms with van der Waals surface area (Å²) in [6.07, 6.45) is 76.4. The van der Waals surface area contributed by atoms with Gasteiger partial charge < -0.3 is 14.9 Å². The predicted octanol–water partition coefficient (Wildman–Crippen LogP) is 17.6. The molecule has 1 unspecified atom stereocenters. The van der Waals surface area contributed by atoms with Gasteiger partial charge in [0.1, 0.15) is 6.10 Å². The summed E-state index contributed by atoms with van der Waals surface area (Å²) in [5.41, 5.74) is -0.631. The third-order valence-electron chi connectivity index (χ3n) is 11.4. The molecule has 0 saturated carbocycles. The van der Waals surface area contributed by atoms with Crippen LogP contribution in [0.15, 0.2) is 109 Å². The third kappa shape index (κ3) is 40.9. The average molecular weight is 831 g/mol. The molecule has 1 atom stereocenters. The van der Waals surface area contributed by atoms with Crippen LogP contribution in [0.1, 0.15) is 226 Å². The molecule has 0 amide bonds. The molecule has 0 aromatic rings. The predicted molar refractivity (Wildman–Crippen MR) is 269 cm³/mol. The first-order valence-corrected chi connectivity index (χ1v) is 25.5. The monoisotopic (exact) mass is 831 g/mol. The molecule has 0 aliphatic heterocycles. The first-order valence-electron chi connectivity index (χ1n) is 25.5. The van der Waals surface area contributed by atoms with Gasteiger partial charge in [-0.25, -0.2) is 0 Å². The van der Waals surface area contributed by atoms with Crippen LogP contribution >= 0.6 is 0 Å². The van der Waals surface area contributed by atoms with E-state index >= 15 is 0 Å². The van der Waals surface area contributed by atoms with E-state index in [0.717, 1.165) is 70.6 Å². The smallest absolute Gasteiger partial charge is 0.106 e. The fraction of sp³-hybridized carbons (Fsp3) is 0.684. The van der Waals surface area contributed by atoms with Crippen molar-refractivity contribution in [2.75, 3.05) is 13.2 Å². The number of aliphatic hydroxyl groups excluding tert-OH is 2. The minimum absolute atomic E-state index is 0.227. The Morgan fingerprint density at radius 1 is 0.350 bits per heavy atom. The molecule has 60 heavy (non-hydrogen) atoms. The number of aliphatic hydroxyl groups is 2. The van der Waals surface area contributed by atoms with E-state index in [1.54, 1.807) is 0 Å². The summed E-state index contributed by atoms with van der Waals surface area (Å²) in [4.78, 5) is 0. The van der Waals surface area contributed by atoms with E-state index in [4.69, 9.17) is 4.74 Å². The normalized spacial score (nSPS) is 13.8. The summed E-state index contributed by atoms with van der Waals surface area (Å²) in [6, 6.07) is 0. The maximum absolute atomic E-state index is 11.2. The lowest BCUT2D eigenvalue weighted by molar-refractivity contribution is -0.148. The van der Waals surface area contributed by atoms with Gasteiger partial charge in [-0.2, -0.15) is 0 Å². The highest BCUT2D eigenvalue weighted by Crippen LogP contribution is 2.32. The lowest BCUT2D eigenvalue weighted by Gasteiger charge is -2.38. The quantitative estimate of drug-likeness (QED) is 0.0475. The van der Waals surface area contributed by atoms with Crippen LogP contribution in [0.5, 0.6) is 0 Å². The zero-order chi connectivity index (χ0) is 43.6. The standard InChI is InChI=1S/C57H98O3/c1-4-7-10-13-16-19-22-25-28-31-34-37-40-43-46-49-52-57(56(59)55-58,53-50-47-44-41-38-35-32-29-26-23-20-17-14-11-8-5-2)60-54-51-48-45-42-39-36-33-30-27-24-21-18-15-12-9-6-3/h13-30,56,58-59H,4-12,31-55H2,1-3H3/b16-13-,17-14-,18-15-,22-19+,23-20+,24-21+,28-25-,29-26-,30-27-. The van der Waals surface area contributed by atoms with Crippen molar-refractivity contribution in [3.05, 3.63) is 109 Å². The molecule has 0 aromatic heterocycles. The second-order valence-electron chi connectivity index (χ2n) is 17.0. The second kappa shape index (κ2) is 49.2. The van der Waals surface area contributed by atoms with E-state index in [1.807, 2.05) is 0 Å². The van der Waals surface area contributed by atoms with E-state index in [-0.39, 0.29) is 6.61 Å². The molecular formula is C57H98O3. The van der Waals surface area contributed by atoms with Crippen LogP contribution in [0.2, 0.25) is 0 Å². The highest BCUT2D eigenvalue weighted by atomic mass is 16.5. The molecule has 3 heteroatoms. The Morgan fingerprint density at radius 2 is 0.617 bits per heavy atom. The lowest BCUT2D eigenvalue weighted by atomic mass is 9.84. The Hall–Kier alpha value is -2.46. The molecule has 344 valence electrons. The first kappa shape index (κ1) is 57.5. The van der Waals surface area contributed by atoms with Gasteiger partial charge in [0.2, 0.25) is 0 Å². The van der Waals surface area contributed by atoms with Gasteiger partial charge in [-0.15, -0.1) is 0 Å². The number of hydrogen-bond donors (Lipinski definition) is 2. The molecule has 0 rings (SSSR count). The number of rotatable bonds is 45. The summed E-state index contributed by atoms with van der Waals surface area (Å²) in [7, 11) is 0. The van der Waals surface area contributed by atoms with E-state index in [9.17, 15) is 10.2 Å². The highest BCUT2D eigenvalue weighted by Gasteiger charge is 2.37. The summed E-state index contributed by atoms with van der Waals surface area (Å²) in [5, 5.41) is 21.5. The minimum Gasteiger partial charge on any atom is -0.394 e. The molecule has 0 saturated heterocycles. The van der Waals surface area contributed by atoms with E-state index in [2.05, 4.69) is 130 Å². The van der Waals surface area contributed by atoms with Crippen molar-refractivity contribution in [2.24, 2.45) is 0 Å². The summed E-state index contributed by atoms with van der Waals surface area (Å²) in [6.45, 7) is 7.15. The fourth-order valence-electron chi connectivity index (χ4n) is 7.40. The van der Waals surface area contributed by atoms with Crippen molar-refractivity contribution in [1.82, 2.24) is 0 Å². The summed E-state index contributed by atoms with van der Waals surface area (Å²) < 4.78 is 6.69. The first-order chi connectivity index (χ1) is 29.7. The number of unbranched alkanes of at least 4 members (excludes halogenated alkanes) is 24. The molecule has 0 radical (unpaired) electrons. The van der Waals surface area contributed by atoms with Gasteiger partial charge in [-0.1, -0.05) is 259 Å². The van der Waals surface area contributed by atoms with Gasteiger partial charge in [0.25, 0.3) is 0 Å². The summed E-state index contributed by atoms with van der Waals surface area (Å²) >= 11 is 0. The largest absolute Gasteiger partial charge is 0.394 e. The highest BCUT2D eigenvalue weighted by molar-refractivity contribution is 5.12. The maximum Gasteiger partial charge on any atom is 0.106 e. The van der Waals surface area contributed by atoms with Gasteiger partial charge >= 0.3 is 0 Å². The van der Waals surface area contributed by atoms with Gasteiger partial charge in [0, 0.05) is 6.61 Å². The molecule has 2 N–H and O–H groups in total. The van der Waals surface area contributed by atoms with Gasteiger partial charge in [0.05, 0.1) is 12.2 Å². The number of allylic oxidation sites excluding steroid dienone is 18. The van der Waals surface area contributed by atoms with Crippen molar-refractivity contribution >= 4 is 0 Å². The van der Waals surface area contributed by atoms with Crippen LogP contribution in [0.4, 0.5) is 0 Å². The number of ether oxygens (including phenoxy) is 1. The van der Waals surface area contributed by atoms with E-state index in [0.29, 0.717) is 6.61 Å². The Kier molecular flexibility index (Phi) is 47.2. The topological polar surface area (TPSA) is 49.7 Å². The molecule has 0 bridgehead atoms. The van der Waals surface area contributed by atoms with Gasteiger partial charge in [-0.3, -0.25) is 0 Å². The Balaban J connectivity index is 4.69. The van der Waals surface area contributed by atoms with Crippen LogP contribution in [-0.4, -0.2) is 35.1 Å². The lowest BCUT2D eigenvalue weighted by Crippen LogP contribution is -2.47. The minimum atomic E-state index is -0.821. The van der Waals surface area contributed by atoms with Gasteiger partial charge in [0.15, 0.2) is 0 Å². The zero-order valence-electron chi connectivity index (χ0n) is 39.8. The zero-order valence-corrected chi connectivity index (χ0v) is 39.8. The molecule has 0 aromatic carbocycles. The maximum atomic E-state index is 11.2. The number of hydrogen-bond acceptors (Lipinski definition) is 3. The summed E-state index contributed by atoms with van der Waals surface area (Å²) in [5.74, 6) is 0. The molecule has 0 aliphatic carbocycles. The van der Waals surface area contributed by atoms with Crippen LogP contribution in [0.3, 0.4) is 0 Å². The van der Waals surface area contributed by atoms with Crippen LogP contribution in [0.25, 0.3) is 0 Å². The average Bonchev–Trinajstić information content (AvgIpc) is 3.26. The second-order valence-corrected chi connectivity index (χ2v) is 17.0. The van der Waals surface area contributed by atoms with Crippen molar-refractivity contribution in [3.8, 4) is 0 Å². The van der Waals surface area contributed by atoms with Crippen molar-refractivity contribution in [1.29, 1.82) is 0 Å². The molecule has 0 fully saturated rings. The third-order valence-corrected chi connectivity index (χ3v) is 11.4. The van der Waals surface area contributed by atoms with E-state index in [1.165, 1.54) is 135 Å². The van der Waals surface area contributed by atoms with Crippen LogP contribution in [0, 0.1) is 0 Å². The molecule has 0 aliphatic rings. The molecule has 0 heterocycles. The van der Waals surface area contributed by atoms with E-state index < -0.39 is 11.7 Å². The Bertz CT molecular complexity index is 1080. The Morgan fingerprint density at radius 3 is 0.917 bits per heavy atom. The van der Waals surface area contributed by atoms with Crippen molar-refractivity contribution < 1.29 is 14.9 Å². The van der Waals surface area contributed by atoms with Crippen molar-refractivity contribution in [3.63, 3.8) is 0 Å². The van der Waals surface area contributed by atoms with Crippen LogP contribution in [-0.2, 0) is 4.74 Å². The molecule has 3 nitrogen and oxygen atoms in total. The van der Waals surface area contributed by atoms with Gasteiger partial charge in [-0.05, 0) is 77.0 Å². The molecule has 0 spiro atoms. The molecular weight excluding hydrogens is 733 g/mol.